The summed E-state index contributed by atoms with van der Waals surface area (Å²) < 4.78 is 0. The van der Waals surface area contributed by atoms with Gasteiger partial charge in [0, 0.05) is 12.4 Å². The quantitative estimate of drug-likeness (QED) is 0.894. The molecule has 1 heterocycles. The number of hydrogen-bond acceptors (Lipinski definition) is 2. The average Bonchev–Trinajstić information content (AvgIpc) is 2.44. The molecule has 1 aromatic heterocycles. The Morgan fingerprint density at radius 2 is 1.75 bits per heavy atom. The lowest BCUT2D eigenvalue weighted by molar-refractivity contribution is 0.255. The van der Waals surface area contributed by atoms with Gasteiger partial charge in [-0.1, -0.05) is 35.9 Å². The number of benzene rings is 1. The van der Waals surface area contributed by atoms with E-state index >= 15 is 0 Å². The van der Waals surface area contributed by atoms with E-state index in [-0.39, 0.29) is 6.03 Å². The Morgan fingerprint density at radius 3 is 2.40 bits per heavy atom. The molecule has 0 saturated carbocycles. The van der Waals surface area contributed by atoms with Crippen LogP contribution in [0.4, 0.5) is 10.6 Å². The molecule has 2 amide bonds. The molecule has 2 aromatic rings. The summed E-state index contributed by atoms with van der Waals surface area (Å²) in [5, 5.41) is 5.29. The first-order valence-electron chi connectivity index (χ1n) is 6.37. The number of anilines is 1. The summed E-state index contributed by atoms with van der Waals surface area (Å²) in [5.41, 5.74) is 3.29. The third-order valence-corrected chi connectivity index (χ3v) is 2.72. The summed E-state index contributed by atoms with van der Waals surface area (Å²) in [4.78, 5) is 15.7. The normalized spacial score (nSPS) is 10.5. The first-order chi connectivity index (χ1) is 9.63. The number of aromatic nitrogens is 1. The molecule has 0 fully saturated rings. The Kier molecular flexibility index (Phi) is 4.50. The second kappa shape index (κ2) is 6.52. The van der Waals surface area contributed by atoms with Crippen LogP contribution in [0.1, 0.15) is 16.7 Å². The van der Waals surface area contributed by atoms with Crippen LogP contribution in [0.25, 0.3) is 6.08 Å². The third kappa shape index (κ3) is 4.24. The van der Waals surface area contributed by atoms with E-state index in [1.807, 2.05) is 50.3 Å². The van der Waals surface area contributed by atoms with Crippen LogP contribution in [0, 0.1) is 13.8 Å². The van der Waals surface area contributed by atoms with E-state index in [0.29, 0.717) is 5.82 Å². The lowest BCUT2D eigenvalue weighted by atomic mass is 10.1. The molecule has 20 heavy (non-hydrogen) atoms. The summed E-state index contributed by atoms with van der Waals surface area (Å²) in [6.45, 7) is 3.98. The van der Waals surface area contributed by atoms with Crippen molar-refractivity contribution in [2.24, 2.45) is 0 Å². The van der Waals surface area contributed by atoms with Crippen molar-refractivity contribution in [2.75, 3.05) is 5.32 Å². The van der Waals surface area contributed by atoms with Crippen LogP contribution in [0.15, 0.2) is 48.8 Å². The van der Waals surface area contributed by atoms with Crippen LogP contribution in [0.2, 0.25) is 0 Å². The fraction of sp³-hybridized carbons (Fsp3) is 0.125. The highest BCUT2D eigenvalue weighted by molar-refractivity contribution is 5.89. The standard InChI is InChI=1S/C16H17N3O/c1-12-3-6-14(7-4-12)9-10-17-16(20)19-15-8-5-13(2)11-18-15/h3-11H,1-2H3,(H2,17,18,19,20)/b10-9+. The van der Waals surface area contributed by atoms with Gasteiger partial charge in [-0.3, -0.25) is 5.32 Å². The van der Waals surface area contributed by atoms with E-state index in [2.05, 4.69) is 15.6 Å². The second-order valence-electron chi connectivity index (χ2n) is 4.56. The largest absolute Gasteiger partial charge is 0.324 e. The van der Waals surface area contributed by atoms with Gasteiger partial charge < -0.3 is 5.32 Å². The maximum absolute atomic E-state index is 11.6. The van der Waals surface area contributed by atoms with Gasteiger partial charge in [0.1, 0.15) is 5.82 Å². The average molecular weight is 267 g/mol. The number of rotatable bonds is 3. The molecule has 0 aliphatic heterocycles. The minimum Gasteiger partial charge on any atom is -0.314 e. The Hall–Kier alpha value is -2.62. The molecule has 0 unspecified atom stereocenters. The predicted octanol–water partition coefficient (Wildman–Crippen LogP) is 3.49. The van der Waals surface area contributed by atoms with Crippen LogP contribution in [-0.2, 0) is 0 Å². The van der Waals surface area contributed by atoms with E-state index in [1.165, 1.54) is 5.56 Å². The van der Waals surface area contributed by atoms with Crippen LogP contribution in [0.3, 0.4) is 0 Å². The molecule has 0 spiro atoms. The first kappa shape index (κ1) is 13.8. The number of aryl methyl sites for hydroxylation is 2. The number of pyridine rings is 1. The number of hydrogen-bond donors (Lipinski definition) is 2. The lowest BCUT2D eigenvalue weighted by Crippen LogP contribution is -2.24. The van der Waals surface area contributed by atoms with Crippen molar-refractivity contribution < 1.29 is 4.79 Å². The maximum atomic E-state index is 11.6. The Labute approximate surface area is 118 Å². The number of urea groups is 1. The molecule has 102 valence electrons. The topological polar surface area (TPSA) is 54.0 Å². The zero-order valence-electron chi connectivity index (χ0n) is 11.6. The van der Waals surface area contributed by atoms with Crippen LogP contribution in [-0.4, -0.2) is 11.0 Å². The Morgan fingerprint density at radius 1 is 1.05 bits per heavy atom. The van der Waals surface area contributed by atoms with Crippen molar-refractivity contribution >= 4 is 17.9 Å². The number of amides is 2. The van der Waals surface area contributed by atoms with Gasteiger partial charge in [-0.25, -0.2) is 9.78 Å². The lowest BCUT2D eigenvalue weighted by Gasteiger charge is -2.03. The van der Waals surface area contributed by atoms with Crippen LogP contribution in [0.5, 0.6) is 0 Å². The second-order valence-corrected chi connectivity index (χ2v) is 4.56. The molecule has 0 radical (unpaired) electrons. The Bertz CT molecular complexity index is 601. The van der Waals surface area contributed by atoms with Gasteiger partial charge in [-0.05, 0) is 37.1 Å². The van der Waals surface area contributed by atoms with Crippen LogP contribution < -0.4 is 10.6 Å². The van der Waals surface area contributed by atoms with E-state index in [9.17, 15) is 4.79 Å². The van der Waals surface area contributed by atoms with E-state index in [0.717, 1.165) is 11.1 Å². The summed E-state index contributed by atoms with van der Waals surface area (Å²) in [7, 11) is 0. The predicted molar refractivity (Wildman–Crippen MR) is 81.3 cm³/mol. The molecule has 0 atom stereocenters. The number of nitrogens with zero attached hydrogens (tertiary/aromatic N) is 1. The minimum atomic E-state index is -0.315. The molecule has 0 aliphatic carbocycles. The van der Waals surface area contributed by atoms with Crippen molar-refractivity contribution in [3.63, 3.8) is 0 Å². The summed E-state index contributed by atoms with van der Waals surface area (Å²) in [5.74, 6) is 0.525. The number of carbonyl (C=O) groups is 1. The molecule has 0 aliphatic rings. The maximum Gasteiger partial charge on any atom is 0.324 e. The fourth-order valence-corrected chi connectivity index (χ4v) is 1.59. The highest BCUT2D eigenvalue weighted by Crippen LogP contribution is 2.05. The molecule has 4 nitrogen and oxygen atoms in total. The summed E-state index contributed by atoms with van der Waals surface area (Å²) in [6.07, 6.45) is 5.15. The molecule has 0 bridgehead atoms. The van der Waals surface area contributed by atoms with Gasteiger partial charge in [0.15, 0.2) is 0 Å². The van der Waals surface area contributed by atoms with Crippen molar-refractivity contribution in [1.29, 1.82) is 0 Å². The molecular weight excluding hydrogens is 250 g/mol. The van der Waals surface area contributed by atoms with Gasteiger partial charge in [0.25, 0.3) is 0 Å². The molecule has 0 saturated heterocycles. The van der Waals surface area contributed by atoms with E-state index in [1.54, 1.807) is 18.5 Å². The Balaban J connectivity index is 1.85. The summed E-state index contributed by atoms with van der Waals surface area (Å²) >= 11 is 0. The van der Waals surface area contributed by atoms with Gasteiger partial charge in [-0.15, -0.1) is 0 Å². The molecule has 2 N–H and O–H groups in total. The zero-order chi connectivity index (χ0) is 14.4. The van der Waals surface area contributed by atoms with Crippen LogP contribution >= 0.6 is 0 Å². The van der Waals surface area contributed by atoms with E-state index < -0.39 is 0 Å². The number of carbonyl (C=O) groups excluding carboxylic acids is 1. The fourth-order valence-electron chi connectivity index (χ4n) is 1.59. The van der Waals surface area contributed by atoms with Gasteiger partial charge in [0.05, 0.1) is 0 Å². The van der Waals surface area contributed by atoms with Crippen molar-refractivity contribution in [3.8, 4) is 0 Å². The highest BCUT2D eigenvalue weighted by Gasteiger charge is 1.99. The first-order valence-corrected chi connectivity index (χ1v) is 6.37. The SMILES string of the molecule is Cc1ccc(/C=C/NC(=O)Nc2ccc(C)cn2)cc1. The van der Waals surface area contributed by atoms with Gasteiger partial charge in [0.2, 0.25) is 0 Å². The molecule has 1 aromatic carbocycles. The van der Waals surface area contributed by atoms with Gasteiger partial charge in [-0.2, -0.15) is 0 Å². The molecule has 4 heteroatoms. The minimum absolute atomic E-state index is 0.315. The van der Waals surface area contributed by atoms with Crippen molar-refractivity contribution in [3.05, 3.63) is 65.5 Å². The molecular formula is C16H17N3O. The number of nitrogens with one attached hydrogen (secondary N) is 2. The van der Waals surface area contributed by atoms with E-state index in [4.69, 9.17) is 0 Å². The smallest absolute Gasteiger partial charge is 0.314 e. The van der Waals surface area contributed by atoms with Crippen molar-refractivity contribution in [2.45, 2.75) is 13.8 Å². The van der Waals surface area contributed by atoms with Gasteiger partial charge >= 0.3 is 6.03 Å². The zero-order valence-corrected chi connectivity index (χ0v) is 11.6. The third-order valence-electron chi connectivity index (χ3n) is 2.72. The molecule has 2 rings (SSSR count). The highest BCUT2D eigenvalue weighted by atomic mass is 16.2. The summed E-state index contributed by atoms with van der Waals surface area (Å²) in [6, 6.07) is 11.4. The van der Waals surface area contributed by atoms with Crippen molar-refractivity contribution in [1.82, 2.24) is 10.3 Å². The monoisotopic (exact) mass is 267 g/mol.